The van der Waals surface area contributed by atoms with E-state index in [1.807, 2.05) is 0 Å². The molecule has 1 unspecified atom stereocenters. The van der Waals surface area contributed by atoms with E-state index in [1.54, 1.807) is 24.3 Å². The largest absolute Gasteiger partial charge is 0.497 e. The van der Waals surface area contributed by atoms with E-state index in [0.29, 0.717) is 11.3 Å². The van der Waals surface area contributed by atoms with Crippen molar-refractivity contribution in [2.24, 2.45) is 0 Å². The smallest absolute Gasteiger partial charge is 0.416 e. The van der Waals surface area contributed by atoms with Crippen molar-refractivity contribution < 1.29 is 27.8 Å². The van der Waals surface area contributed by atoms with Gasteiger partial charge in [0.05, 0.1) is 29.7 Å². The molecule has 3 rings (SSSR count). The highest BCUT2D eigenvalue weighted by Gasteiger charge is 2.31. The van der Waals surface area contributed by atoms with Crippen LogP contribution in [0.5, 0.6) is 5.75 Å². The number of imidazole rings is 1. The lowest BCUT2D eigenvalue weighted by Crippen LogP contribution is -2.29. The number of nitrogens with zero attached hydrogens (tertiary/aromatic N) is 1. The number of fused-ring (bicyclic) bond motifs is 1. The SMILES string of the molecule is COc1ccc(CC(NC(=O)O)c2nc3cc(C(F)(F)F)ccc3[nH]2)cc1. The van der Waals surface area contributed by atoms with Gasteiger partial charge in [-0.3, -0.25) is 0 Å². The molecule has 0 saturated heterocycles. The molecule has 1 aromatic heterocycles. The molecular formula is C18H16F3N3O3. The Bertz CT molecular complexity index is 952. The fourth-order valence-corrected chi connectivity index (χ4v) is 2.73. The van der Waals surface area contributed by atoms with Crippen molar-refractivity contribution in [2.75, 3.05) is 7.11 Å². The molecule has 9 heteroatoms. The van der Waals surface area contributed by atoms with Crippen molar-refractivity contribution in [3.05, 3.63) is 59.4 Å². The summed E-state index contributed by atoms with van der Waals surface area (Å²) in [6.45, 7) is 0. The predicted octanol–water partition coefficient (Wildman–Crippen LogP) is 4.14. The number of nitrogens with one attached hydrogen (secondary N) is 2. The minimum atomic E-state index is -4.48. The molecule has 1 amide bonds. The number of rotatable bonds is 5. The average molecular weight is 379 g/mol. The fourth-order valence-electron chi connectivity index (χ4n) is 2.73. The Morgan fingerprint density at radius 2 is 1.96 bits per heavy atom. The number of hydrogen-bond donors (Lipinski definition) is 3. The predicted molar refractivity (Wildman–Crippen MR) is 91.7 cm³/mol. The molecular weight excluding hydrogens is 363 g/mol. The number of H-pyrrole nitrogens is 1. The molecule has 142 valence electrons. The van der Waals surface area contributed by atoms with Gasteiger partial charge in [-0.15, -0.1) is 0 Å². The first-order chi connectivity index (χ1) is 12.8. The number of hydrogen-bond acceptors (Lipinski definition) is 3. The number of ether oxygens (including phenoxy) is 1. The Labute approximate surface area is 152 Å². The first-order valence-corrected chi connectivity index (χ1v) is 7.95. The lowest BCUT2D eigenvalue weighted by molar-refractivity contribution is -0.137. The average Bonchev–Trinajstić information content (AvgIpc) is 3.04. The summed E-state index contributed by atoms with van der Waals surface area (Å²) in [7, 11) is 1.54. The number of carbonyl (C=O) groups is 1. The lowest BCUT2D eigenvalue weighted by atomic mass is 10.1. The third-order valence-electron chi connectivity index (χ3n) is 4.06. The molecule has 0 bridgehead atoms. The summed E-state index contributed by atoms with van der Waals surface area (Å²) < 4.78 is 43.7. The van der Waals surface area contributed by atoms with Crippen molar-refractivity contribution in [1.82, 2.24) is 15.3 Å². The maximum atomic E-state index is 12.9. The number of aromatic amines is 1. The van der Waals surface area contributed by atoms with E-state index < -0.39 is 23.9 Å². The highest BCUT2D eigenvalue weighted by molar-refractivity contribution is 5.76. The van der Waals surface area contributed by atoms with Crippen LogP contribution >= 0.6 is 0 Å². The maximum absolute atomic E-state index is 12.9. The van der Waals surface area contributed by atoms with Gasteiger partial charge in [-0.1, -0.05) is 12.1 Å². The highest BCUT2D eigenvalue weighted by Crippen LogP contribution is 2.31. The first kappa shape index (κ1) is 18.6. The van der Waals surface area contributed by atoms with E-state index in [-0.39, 0.29) is 17.8 Å². The molecule has 6 nitrogen and oxygen atoms in total. The number of amides is 1. The van der Waals surface area contributed by atoms with Crippen LogP contribution in [-0.2, 0) is 12.6 Å². The molecule has 0 aliphatic heterocycles. The Kier molecular flexibility index (Phi) is 4.93. The topological polar surface area (TPSA) is 87.2 Å². The monoisotopic (exact) mass is 379 g/mol. The molecule has 0 saturated carbocycles. The quantitative estimate of drug-likeness (QED) is 0.622. The van der Waals surface area contributed by atoms with Crippen LogP contribution in [0.1, 0.15) is 23.0 Å². The molecule has 27 heavy (non-hydrogen) atoms. The maximum Gasteiger partial charge on any atom is 0.416 e. The number of aromatic nitrogens is 2. The van der Waals surface area contributed by atoms with Crippen molar-refractivity contribution in [3.63, 3.8) is 0 Å². The molecule has 1 heterocycles. The van der Waals surface area contributed by atoms with Gasteiger partial charge in [0.1, 0.15) is 11.6 Å². The molecule has 2 aromatic carbocycles. The number of benzene rings is 2. The fraction of sp³-hybridized carbons (Fsp3) is 0.222. The molecule has 3 N–H and O–H groups in total. The third-order valence-corrected chi connectivity index (χ3v) is 4.06. The Hall–Kier alpha value is -3.23. The number of halogens is 3. The van der Waals surface area contributed by atoms with Gasteiger partial charge in [-0.25, -0.2) is 9.78 Å². The lowest BCUT2D eigenvalue weighted by Gasteiger charge is -2.15. The summed E-state index contributed by atoms with van der Waals surface area (Å²) in [5.41, 5.74) is 0.508. The Balaban J connectivity index is 1.92. The van der Waals surface area contributed by atoms with Crippen molar-refractivity contribution in [2.45, 2.75) is 18.6 Å². The molecule has 0 fully saturated rings. The first-order valence-electron chi connectivity index (χ1n) is 7.95. The van der Waals surface area contributed by atoms with Gasteiger partial charge in [-0.05, 0) is 35.9 Å². The van der Waals surface area contributed by atoms with E-state index in [9.17, 15) is 18.0 Å². The second kappa shape index (κ2) is 7.18. The second-order valence-corrected chi connectivity index (χ2v) is 5.91. The molecule has 0 aliphatic rings. The van der Waals surface area contributed by atoms with Crippen LogP contribution in [0.4, 0.5) is 18.0 Å². The number of methoxy groups -OCH3 is 1. The standard InChI is InChI=1S/C18H16F3N3O3/c1-27-12-5-2-10(3-6-12)8-15(24-17(25)26)16-22-13-7-4-11(18(19,20)21)9-14(13)23-16/h2-7,9,15,24H,8H2,1H3,(H,22,23)(H,25,26). The van der Waals surface area contributed by atoms with Crippen LogP contribution in [0.15, 0.2) is 42.5 Å². The van der Waals surface area contributed by atoms with Crippen LogP contribution in [0, 0.1) is 0 Å². The third kappa shape index (κ3) is 4.30. The van der Waals surface area contributed by atoms with Gasteiger partial charge in [0.25, 0.3) is 0 Å². The van der Waals surface area contributed by atoms with Gasteiger partial charge in [0.15, 0.2) is 0 Å². The van der Waals surface area contributed by atoms with Crippen LogP contribution in [0.25, 0.3) is 11.0 Å². The molecule has 0 aliphatic carbocycles. The zero-order chi connectivity index (χ0) is 19.6. The van der Waals surface area contributed by atoms with Crippen molar-refractivity contribution in [1.29, 1.82) is 0 Å². The summed E-state index contributed by atoms with van der Waals surface area (Å²) in [4.78, 5) is 18.2. The Morgan fingerprint density at radius 1 is 1.26 bits per heavy atom. The number of alkyl halides is 3. The minimum absolute atomic E-state index is 0.117. The molecule has 0 spiro atoms. The summed E-state index contributed by atoms with van der Waals surface area (Å²) in [6, 6.07) is 9.44. The summed E-state index contributed by atoms with van der Waals surface area (Å²) in [5.74, 6) is 0.896. The van der Waals surface area contributed by atoms with Gasteiger partial charge in [0.2, 0.25) is 0 Å². The highest BCUT2D eigenvalue weighted by atomic mass is 19.4. The van der Waals surface area contributed by atoms with Crippen LogP contribution in [0.2, 0.25) is 0 Å². The van der Waals surface area contributed by atoms with Gasteiger partial charge >= 0.3 is 12.3 Å². The van der Waals surface area contributed by atoms with Crippen LogP contribution < -0.4 is 10.1 Å². The van der Waals surface area contributed by atoms with E-state index >= 15 is 0 Å². The van der Waals surface area contributed by atoms with Crippen LogP contribution in [-0.4, -0.2) is 28.3 Å². The van der Waals surface area contributed by atoms with E-state index in [1.165, 1.54) is 13.2 Å². The minimum Gasteiger partial charge on any atom is -0.497 e. The molecule has 1 atom stereocenters. The van der Waals surface area contributed by atoms with Crippen molar-refractivity contribution in [3.8, 4) is 5.75 Å². The van der Waals surface area contributed by atoms with Gasteiger partial charge < -0.3 is 20.1 Å². The summed E-state index contributed by atoms with van der Waals surface area (Å²) >= 11 is 0. The van der Waals surface area contributed by atoms with E-state index in [0.717, 1.165) is 17.7 Å². The Morgan fingerprint density at radius 3 is 2.56 bits per heavy atom. The van der Waals surface area contributed by atoms with Crippen LogP contribution in [0.3, 0.4) is 0 Å². The molecule has 3 aromatic rings. The van der Waals surface area contributed by atoms with E-state index in [2.05, 4.69) is 15.3 Å². The zero-order valence-electron chi connectivity index (χ0n) is 14.2. The second-order valence-electron chi connectivity index (χ2n) is 5.91. The summed E-state index contributed by atoms with van der Waals surface area (Å²) in [6.07, 6.45) is -5.47. The summed E-state index contributed by atoms with van der Waals surface area (Å²) in [5, 5.41) is 11.5. The molecule has 0 radical (unpaired) electrons. The van der Waals surface area contributed by atoms with Gasteiger partial charge in [0, 0.05) is 6.42 Å². The number of carboxylic acid groups (broad SMARTS) is 1. The van der Waals surface area contributed by atoms with Gasteiger partial charge in [-0.2, -0.15) is 13.2 Å². The normalized spacial score (nSPS) is 12.7. The van der Waals surface area contributed by atoms with E-state index in [4.69, 9.17) is 9.84 Å². The van der Waals surface area contributed by atoms with Crippen molar-refractivity contribution >= 4 is 17.1 Å². The zero-order valence-corrected chi connectivity index (χ0v) is 14.2.